The number of methoxy groups -OCH3 is 1. The number of hydrogen-bond donors (Lipinski definition) is 5. The zero-order chi connectivity index (χ0) is 44.0. The normalized spacial score (nSPS) is 23.5. The van der Waals surface area contributed by atoms with Crippen molar-refractivity contribution in [2.24, 2.45) is 0 Å². The van der Waals surface area contributed by atoms with Crippen LogP contribution in [0.1, 0.15) is 135 Å². The van der Waals surface area contributed by atoms with Crippen molar-refractivity contribution in [2.75, 3.05) is 35.8 Å². The largest absolute Gasteiger partial charge is 0.495 e. The van der Waals surface area contributed by atoms with Crippen LogP contribution in [-0.4, -0.2) is 101 Å². The van der Waals surface area contributed by atoms with E-state index in [1.54, 1.807) is 36.4 Å². The van der Waals surface area contributed by atoms with Crippen LogP contribution >= 0.6 is 0 Å². The highest BCUT2D eigenvalue weighted by molar-refractivity contribution is 6.05. The molecule has 5 aliphatic rings. The third-order valence-corrected chi connectivity index (χ3v) is 13.5. The summed E-state index contributed by atoms with van der Waals surface area (Å²) in [5.41, 5.74) is 4.32. The minimum absolute atomic E-state index is 0.0622. The number of unbranched alkanes of at least 4 members (excludes halogenated alkanes) is 3. The van der Waals surface area contributed by atoms with E-state index in [1.807, 2.05) is 30.1 Å². The molecule has 1 saturated heterocycles. The van der Waals surface area contributed by atoms with Gasteiger partial charge in [-0.3, -0.25) is 24.5 Å². The van der Waals surface area contributed by atoms with Gasteiger partial charge in [-0.05, 0) is 113 Å². The van der Waals surface area contributed by atoms with Crippen molar-refractivity contribution in [3.05, 3.63) is 64.8 Å². The Bertz CT molecular complexity index is 2240. The summed E-state index contributed by atoms with van der Waals surface area (Å²) in [6.07, 6.45) is 14.8. The molecule has 5 N–H and O–H groups in total. The van der Waals surface area contributed by atoms with Crippen LogP contribution in [0.25, 0.3) is 0 Å². The number of hydrogen-bond acceptors (Lipinski definition) is 12. The van der Waals surface area contributed by atoms with Gasteiger partial charge in [0.2, 0.25) is 17.8 Å². The molecule has 15 heteroatoms. The van der Waals surface area contributed by atoms with Gasteiger partial charge in [0, 0.05) is 61.2 Å². The lowest BCUT2D eigenvalue weighted by Gasteiger charge is -2.48. The number of likely N-dealkylation sites (N-methyl/N-ethyl adjacent to an activating group) is 1. The second-order valence-corrected chi connectivity index (χ2v) is 17.6. The van der Waals surface area contributed by atoms with E-state index in [0.29, 0.717) is 53.6 Å². The average Bonchev–Trinajstić information content (AvgIpc) is 3.94. The predicted molar refractivity (Wildman–Crippen MR) is 241 cm³/mol. The summed E-state index contributed by atoms with van der Waals surface area (Å²) in [5.74, 6) is 7.30. The van der Waals surface area contributed by atoms with Gasteiger partial charge in [0.05, 0.1) is 25.0 Å². The van der Waals surface area contributed by atoms with E-state index in [1.165, 1.54) is 12.8 Å². The second-order valence-electron chi connectivity index (χ2n) is 17.6. The molecule has 2 aromatic carbocycles. The van der Waals surface area contributed by atoms with Crippen LogP contribution in [0.15, 0.2) is 42.6 Å². The lowest BCUT2D eigenvalue weighted by atomic mass is 9.91. The van der Waals surface area contributed by atoms with Gasteiger partial charge in [0.25, 0.3) is 11.8 Å². The molecule has 3 aromatic rings. The molecule has 2 aliphatic carbocycles. The molecule has 334 valence electrons. The number of carbonyl (C=O) groups excluding carboxylic acids is 4. The Labute approximate surface area is 370 Å². The van der Waals surface area contributed by atoms with Crippen molar-refractivity contribution in [1.29, 1.82) is 0 Å². The molecule has 0 bridgehead atoms. The van der Waals surface area contributed by atoms with Gasteiger partial charge in [-0.1, -0.05) is 38.0 Å². The third-order valence-electron chi connectivity index (χ3n) is 13.5. The SMILES string of the molecule is CC[C@@H]1C(O)N(C)c2cnc(Nc3ccc(C(=O)NC4CCC(NCCCCCC#Cc5ccc6c(c5)CN(C5CCC(=O)NC5=O)C6=O)CC4)cc3OC)nc2N1C1CCCC1. The van der Waals surface area contributed by atoms with Crippen LogP contribution in [-0.2, 0) is 16.1 Å². The molecular weight excluding hydrogens is 799 g/mol. The molecule has 3 aliphatic heterocycles. The molecule has 2 unspecified atom stereocenters. The maximum absolute atomic E-state index is 13.4. The summed E-state index contributed by atoms with van der Waals surface area (Å²) in [6.45, 7) is 3.41. The number of aliphatic hydroxyl groups excluding tert-OH is 1. The van der Waals surface area contributed by atoms with Crippen LogP contribution in [0, 0.1) is 11.8 Å². The van der Waals surface area contributed by atoms with Gasteiger partial charge in [0.15, 0.2) is 5.82 Å². The maximum Gasteiger partial charge on any atom is 0.255 e. The molecule has 4 heterocycles. The lowest BCUT2D eigenvalue weighted by Crippen LogP contribution is -2.58. The molecule has 0 radical (unpaired) electrons. The van der Waals surface area contributed by atoms with Gasteiger partial charge in [-0.15, -0.1) is 0 Å². The Hall–Kier alpha value is -5.72. The monoisotopic (exact) mass is 859 g/mol. The average molecular weight is 860 g/mol. The number of anilines is 4. The molecular formula is C48H61N9O6. The number of fused-ring (bicyclic) bond motifs is 2. The van der Waals surface area contributed by atoms with E-state index in [0.717, 1.165) is 99.8 Å². The molecule has 3 atom stereocenters. The van der Waals surface area contributed by atoms with E-state index in [4.69, 9.17) is 9.72 Å². The molecule has 4 amide bonds. The summed E-state index contributed by atoms with van der Waals surface area (Å²) in [4.78, 5) is 65.6. The number of carbonyl (C=O) groups is 4. The zero-order valence-corrected chi connectivity index (χ0v) is 36.8. The molecule has 8 rings (SSSR count). The molecule has 1 aromatic heterocycles. The van der Waals surface area contributed by atoms with E-state index < -0.39 is 18.2 Å². The first-order valence-corrected chi connectivity index (χ1v) is 22.9. The van der Waals surface area contributed by atoms with Crippen molar-refractivity contribution in [1.82, 2.24) is 30.8 Å². The van der Waals surface area contributed by atoms with Crippen molar-refractivity contribution in [3.8, 4) is 17.6 Å². The number of ether oxygens (including phenoxy) is 1. The fraction of sp³-hybridized carbons (Fsp3) is 0.542. The Morgan fingerprint density at radius 1 is 0.984 bits per heavy atom. The van der Waals surface area contributed by atoms with Crippen LogP contribution < -0.4 is 35.8 Å². The Morgan fingerprint density at radius 2 is 1.78 bits per heavy atom. The van der Waals surface area contributed by atoms with Crippen LogP contribution in [0.5, 0.6) is 5.75 Å². The number of benzene rings is 2. The van der Waals surface area contributed by atoms with E-state index in [-0.39, 0.29) is 36.2 Å². The fourth-order valence-electron chi connectivity index (χ4n) is 10.0. The smallest absolute Gasteiger partial charge is 0.255 e. The summed E-state index contributed by atoms with van der Waals surface area (Å²) in [6, 6.07) is 11.2. The quantitative estimate of drug-likeness (QED) is 0.0779. The fourth-order valence-corrected chi connectivity index (χ4v) is 10.0. The van der Waals surface area contributed by atoms with Crippen molar-refractivity contribution < 1.29 is 29.0 Å². The second kappa shape index (κ2) is 19.8. The van der Waals surface area contributed by atoms with Crippen LogP contribution in [0.3, 0.4) is 0 Å². The number of nitrogens with zero attached hydrogens (tertiary/aromatic N) is 5. The summed E-state index contributed by atoms with van der Waals surface area (Å²) in [5, 5.41) is 23.8. The van der Waals surface area contributed by atoms with E-state index in [9.17, 15) is 24.3 Å². The van der Waals surface area contributed by atoms with Crippen molar-refractivity contribution in [2.45, 2.75) is 146 Å². The number of imide groups is 1. The highest BCUT2D eigenvalue weighted by atomic mass is 16.5. The number of aliphatic hydroxyl groups is 1. The van der Waals surface area contributed by atoms with Crippen molar-refractivity contribution >= 4 is 46.8 Å². The summed E-state index contributed by atoms with van der Waals surface area (Å²) in [7, 11) is 3.48. The van der Waals surface area contributed by atoms with Gasteiger partial charge in [-0.25, -0.2) is 4.98 Å². The molecule has 15 nitrogen and oxygen atoms in total. The van der Waals surface area contributed by atoms with Gasteiger partial charge in [-0.2, -0.15) is 4.98 Å². The van der Waals surface area contributed by atoms with Crippen LogP contribution in [0.2, 0.25) is 0 Å². The number of nitrogens with one attached hydrogen (secondary N) is 4. The van der Waals surface area contributed by atoms with Gasteiger partial charge in [0.1, 0.15) is 23.7 Å². The first-order valence-electron chi connectivity index (χ1n) is 22.9. The molecule has 3 fully saturated rings. The first kappa shape index (κ1) is 43.9. The number of rotatable bonds is 14. The standard InChI is InChI=1S/C48H61N9O6/c1-4-38-47(62)55(2)40-28-50-48(54-43(40)57(38)35-13-9-10-14-35)52-37-22-16-31(27-41(37)63-3)44(59)51-34-19-17-33(18-20-34)49-25-11-7-5-6-8-12-30-15-21-36-32(26-30)29-56(46(36)61)39-23-24-42(58)53-45(39)60/h15-16,21-22,26-28,33-35,38-39,47,49,62H,4-7,9-11,13-14,17-20,23-25,29H2,1-3H3,(H,51,59)(H,50,52,54)(H,53,58,60)/t33?,34?,38-,39?,47?/m1/s1. The summed E-state index contributed by atoms with van der Waals surface area (Å²) < 4.78 is 5.73. The van der Waals surface area contributed by atoms with E-state index in [2.05, 4.69) is 49.9 Å². The predicted octanol–water partition coefficient (Wildman–Crippen LogP) is 5.53. The van der Waals surface area contributed by atoms with E-state index >= 15 is 0 Å². The number of piperidine rings is 1. The molecule has 2 saturated carbocycles. The third kappa shape index (κ3) is 9.77. The van der Waals surface area contributed by atoms with Gasteiger partial charge < -0.3 is 40.5 Å². The molecule has 63 heavy (non-hydrogen) atoms. The Kier molecular flexibility index (Phi) is 13.8. The van der Waals surface area contributed by atoms with Crippen molar-refractivity contribution in [3.63, 3.8) is 0 Å². The zero-order valence-electron chi connectivity index (χ0n) is 36.8. The minimum atomic E-state index is -0.636. The lowest BCUT2D eigenvalue weighted by molar-refractivity contribution is -0.136. The Balaban J connectivity index is 0.746. The maximum atomic E-state index is 13.4. The highest BCUT2D eigenvalue weighted by Crippen LogP contribution is 2.42. The van der Waals surface area contributed by atoms with Gasteiger partial charge >= 0.3 is 0 Å². The number of amides is 4. The summed E-state index contributed by atoms with van der Waals surface area (Å²) >= 11 is 0. The number of aromatic nitrogens is 2. The van der Waals surface area contributed by atoms with Crippen LogP contribution in [0.4, 0.5) is 23.1 Å². The topological polar surface area (TPSA) is 181 Å². The molecule has 0 spiro atoms. The minimum Gasteiger partial charge on any atom is -0.495 e. The highest BCUT2D eigenvalue weighted by Gasteiger charge is 2.42. The Morgan fingerprint density at radius 3 is 2.54 bits per heavy atom. The first-order chi connectivity index (χ1) is 30.6.